The maximum Gasteiger partial charge on any atom is 0.267 e. The van der Waals surface area contributed by atoms with Gasteiger partial charge in [0.1, 0.15) is 11.6 Å². The highest BCUT2D eigenvalue weighted by molar-refractivity contribution is 6.41. The molecular weight excluding hydrogens is 416 g/mol. The Hall–Kier alpha value is -4.13. The number of methoxy groups -OCH3 is 1. The fraction of sp³-hybridized carbons (Fsp3) is 0.192. The number of fused-ring (bicyclic) bond motifs is 1. The number of rotatable bonds is 4. The van der Waals surface area contributed by atoms with Crippen molar-refractivity contribution < 1.29 is 14.3 Å². The van der Waals surface area contributed by atoms with Gasteiger partial charge in [0, 0.05) is 49.7 Å². The zero-order chi connectivity index (χ0) is 22.8. The second kappa shape index (κ2) is 8.78. The van der Waals surface area contributed by atoms with Gasteiger partial charge in [-0.25, -0.2) is 9.88 Å². The number of amides is 2. The number of hydrogen-bond donors (Lipinski definition) is 0. The number of piperazine rings is 1. The Morgan fingerprint density at radius 3 is 2.18 bits per heavy atom. The number of imide groups is 1. The van der Waals surface area contributed by atoms with Crippen LogP contribution in [-0.2, 0) is 4.79 Å². The zero-order valence-corrected chi connectivity index (χ0v) is 18.3. The molecule has 0 bridgehead atoms. The molecule has 0 radical (unpaired) electrons. The van der Waals surface area contributed by atoms with E-state index < -0.39 is 0 Å². The molecule has 2 aromatic carbocycles. The number of aromatic nitrogens is 1. The maximum absolute atomic E-state index is 13.6. The SMILES string of the molecule is COc1ccc(N2C(=O)C(=CN3CCN(c4ccccn4)CC3)c3ccccc3C2=O)cc1. The standard InChI is InChI=1S/C26H24N4O3/c1-33-20-11-9-19(10-12-20)30-25(31)22-7-3-2-6-21(22)23(26(30)32)18-28-14-16-29(17-15-28)24-8-4-5-13-27-24/h2-13,18H,14-17H2,1H3. The first-order chi connectivity index (χ1) is 16.2. The highest BCUT2D eigenvalue weighted by atomic mass is 16.5. The molecule has 7 heteroatoms. The molecule has 33 heavy (non-hydrogen) atoms. The van der Waals surface area contributed by atoms with E-state index in [1.54, 1.807) is 43.6 Å². The smallest absolute Gasteiger partial charge is 0.267 e. The Labute approximate surface area is 192 Å². The molecular formula is C26H24N4O3. The van der Waals surface area contributed by atoms with E-state index in [0.29, 0.717) is 28.1 Å². The molecule has 3 aromatic rings. The van der Waals surface area contributed by atoms with Crippen LogP contribution in [0.4, 0.5) is 11.5 Å². The maximum atomic E-state index is 13.6. The normalized spacial score (nSPS) is 17.4. The Bertz CT molecular complexity index is 1200. The largest absolute Gasteiger partial charge is 0.497 e. The molecule has 0 unspecified atom stereocenters. The number of carbonyl (C=O) groups is 2. The summed E-state index contributed by atoms with van der Waals surface area (Å²) in [6.07, 6.45) is 3.70. The van der Waals surface area contributed by atoms with Crippen LogP contribution in [0.15, 0.2) is 79.1 Å². The van der Waals surface area contributed by atoms with Gasteiger partial charge < -0.3 is 14.5 Å². The molecule has 2 aliphatic rings. The first-order valence-corrected chi connectivity index (χ1v) is 10.9. The van der Waals surface area contributed by atoms with Crippen LogP contribution in [0.1, 0.15) is 15.9 Å². The minimum Gasteiger partial charge on any atom is -0.497 e. The number of benzene rings is 2. The minimum absolute atomic E-state index is 0.321. The zero-order valence-electron chi connectivity index (χ0n) is 18.3. The second-order valence-electron chi connectivity index (χ2n) is 7.94. The van der Waals surface area contributed by atoms with Crippen LogP contribution in [0.25, 0.3) is 5.57 Å². The van der Waals surface area contributed by atoms with Crippen molar-refractivity contribution >= 4 is 28.9 Å². The lowest BCUT2D eigenvalue weighted by Gasteiger charge is -2.36. The average molecular weight is 441 g/mol. The van der Waals surface area contributed by atoms with Crippen molar-refractivity contribution in [3.8, 4) is 5.75 Å². The first-order valence-electron chi connectivity index (χ1n) is 10.9. The number of ether oxygens (including phenoxy) is 1. The molecule has 1 fully saturated rings. The average Bonchev–Trinajstić information content (AvgIpc) is 2.88. The molecule has 0 N–H and O–H groups in total. The molecule has 0 spiro atoms. The summed E-state index contributed by atoms with van der Waals surface area (Å²) in [6, 6.07) is 20.1. The summed E-state index contributed by atoms with van der Waals surface area (Å²) >= 11 is 0. The van der Waals surface area contributed by atoms with Crippen LogP contribution in [-0.4, -0.2) is 55.0 Å². The summed E-state index contributed by atoms with van der Waals surface area (Å²) < 4.78 is 5.21. The van der Waals surface area contributed by atoms with Crippen LogP contribution in [0.3, 0.4) is 0 Å². The van der Waals surface area contributed by atoms with Crippen molar-refractivity contribution in [2.24, 2.45) is 0 Å². The predicted molar refractivity (Wildman–Crippen MR) is 127 cm³/mol. The molecule has 0 atom stereocenters. The summed E-state index contributed by atoms with van der Waals surface area (Å²) in [5.74, 6) is 0.978. The summed E-state index contributed by atoms with van der Waals surface area (Å²) in [5.41, 5.74) is 2.23. The van der Waals surface area contributed by atoms with Crippen molar-refractivity contribution in [3.63, 3.8) is 0 Å². The topological polar surface area (TPSA) is 66.0 Å². The van der Waals surface area contributed by atoms with E-state index in [1.165, 1.54) is 4.90 Å². The molecule has 2 amide bonds. The van der Waals surface area contributed by atoms with Gasteiger partial charge in [0.05, 0.1) is 18.4 Å². The predicted octanol–water partition coefficient (Wildman–Crippen LogP) is 3.44. The molecule has 2 aliphatic heterocycles. The van der Waals surface area contributed by atoms with Crippen molar-refractivity contribution in [2.45, 2.75) is 0 Å². The van der Waals surface area contributed by atoms with E-state index in [0.717, 1.165) is 32.0 Å². The monoisotopic (exact) mass is 440 g/mol. The van der Waals surface area contributed by atoms with Gasteiger partial charge in [-0.15, -0.1) is 0 Å². The van der Waals surface area contributed by atoms with E-state index in [4.69, 9.17) is 4.74 Å². The Balaban J connectivity index is 1.44. The van der Waals surface area contributed by atoms with Crippen molar-refractivity contribution in [1.82, 2.24) is 9.88 Å². The van der Waals surface area contributed by atoms with Gasteiger partial charge >= 0.3 is 0 Å². The van der Waals surface area contributed by atoms with Crippen molar-refractivity contribution in [3.05, 3.63) is 90.3 Å². The van der Waals surface area contributed by atoms with Crippen LogP contribution >= 0.6 is 0 Å². The van der Waals surface area contributed by atoms with Crippen molar-refractivity contribution in [2.75, 3.05) is 43.1 Å². The van der Waals surface area contributed by atoms with Gasteiger partial charge in [-0.3, -0.25) is 9.59 Å². The third-order valence-corrected chi connectivity index (χ3v) is 6.01. The molecule has 1 saturated heterocycles. The summed E-state index contributed by atoms with van der Waals surface area (Å²) in [7, 11) is 1.58. The summed E-state index contributed by atoms with van der Waals surface area (Å²) in [6.45, 7) is 3.12. The van der Waals surface area contributed by atoms with Gasteiger partial charge in [-0.05, 0) is 42.5 Å². The lowest BCUT2D eigenvalue weighted by Crippen LogP contribution is -2.46. The number of carbonyl (C=O) groups excluding carboxylic acids is 2. The van der Waals surface area contributed by atoms with Crippen LogP contribution in [0.5, 0.6) is 5.75 Å². The second-order valence-corrected chi connectivity index (χ2v) is 7.94. The molecule has 166 valence electrons. The van der Waals surface area contributed by atoms with E-state index >= 15 is 0 Å². The van der Waals surface area contributed by atoms with Crippen LogP contribution in [0.2, 0.25) is 0 Å². The van der Waals surface area contributed by atoms with Crippen molar-refractivity contribution in [1.29, 1.82) is 0 Å². The van der Waals surface area contributed by atoms with E-state index in [1.807, 2.05) is 42.6 Å². The fourth-order valence-electron chi connectivity index (χ4n) is 4.25. The Morgan fingerprint density at radius 1 is 0.818 bits per heavy atom. The minimum atomic E-state index is -0.323. The highest BCUT2D eigenvalue weighted by Crippen LogP contribution is 2.33. The summed E-state index contributed by atoms with van der Waals surface area (Å²) in [5, 5.41) is 0. The van der Waals surface area contributed by atoms with E-state index in [2.05, 4.69) is 14.8 Å². The molecule has 7 nitrogen and oxygen atoms in total. The van der Waals surface area contributed by atoms with E-state index in [9.17, 15) is 9.59 Å². The molecule has 0 aliphatic carbocycles. The van der Waals surface area contributed by atoms with Gasteiger partial charge in [-0.2, -0.15) is 0 Å². The third kappa shape index (κ3) is 3.93. The quantitative estimate of drug-likeness (QED) is 0.457. The summed E-state index contributed by atoms with van der Waals surface area (Å²) in [4.78, 5) is 36.9. The third-order valence-electron chi connectivity index (χ3n) is 6.01. The first kappa shape index (κ1) is 20.8. The van der Waals surface area contributed by atoms with Gasteiger partial charge in [0.15, 0.2) is 0 Å². The van der Waals surface area contributed by atoms with Gasteiger partial charge in [0.2, 0.25) is 0 Å². The van der Waals surface area contributed by atoms with Crippen LogP contribution < -0.4 is 14.5 Å². The highest BCUT2D eigenvalue weighted by Gasteiger charge is 2.36. The number of pyridine rings is 1. The van der Waals surface area contributed by atoms with Crippen LogP contribution in [0, 0.1) is 0 Å². The Kier molecular flexibility index (Phi) is 5.52. The molecule has 1 aromatic heterocycles. The number of hydrogen-bond acceptors (Lipinski definition) is 6. The number of anilines is 2. The Morgan fingerprint density at radius 2 is 1.52 bits per heavy atom. The fourth-order valence-corrected chi connectivity index (χ4v) is 4.25. The van der Waals surface area contributed by atoms with E-state index in [-0.39, 0.29) is 11.8 Å². The molecule has 5 rings (SSSR count). The lowest BCUT2D eigenvalue weighted by molar-refractivity contribution is -0.112. The van der Waals surface area contributed by atoms with Gasteiger partial charge in [0.25, 0.3) is 11.8 Å². The molecule has 3 heterocycles. The lowest BCUT2D eigenvalue weighted by atomic mass is 9.93. The molecule has 0 saturated carbocycles. The number of nitrogens with zero attached hydrogens (tertiary/aromatic N) is 4. The van der Waals surface area contributed by atoms with Gasteiger partial charge in [-0.1, -0.05) is 24.3 Å².